The number of unbranched alkanes of at least 4 members (excludes halogenated alkanes) is 2. The van der Waals surface area contributed by atoms with Gasteiger partial charge in [-0.3, -0.25) is 9.59 Å². The van der Waals surface area contributed by atoms with E-state index in [1.807, 2.05) is 0 Å². The predicted molar refractivity (Wildman–Crippen MR) is 67.0 cm³/mol. The molecule has 96 valence electrons. The van der Waals surface area contributed by atoms with Gasteiger partial charge < -0.3 is 10.2 Å². The molecule has 0 aromatic carbocycles. The summed E-state index contributed by atoms with van der Waals surface area (Å²) in [6, 6.07) is 0. The first kappa shape index (κ1) is 17.7. The van der Waals surface area contributed by atoms with Crippen molar-refractivity contribution in [1.29, 1.82) is 0 Å². The largest absolute Gasteiger partial charge is 0.481 e. The number of aliphatic carboxylic acids is 2. The third-order valence-corrected chi connectivity index (χ3v) is 2.08. The summed E-state index contributed by atoms with van der Waals surface area (Å²) in [4.78, 5) is 19.4. The Morgan fingerprint density at radius 2 is 1.56 bits per heavy atom. The van der Waals surface area contributed by atoms with Gasteiger partial charge in [0.05, 0.1) is 5.75 Å². The Morgan fingerprint density at radius 3 is 1.88 bits per heavy atom. The standard InChI is InChI=1S/C9H18O2.C2H4O2S/c1-8(2)6-4-3-5-7-9(10)11;3-2(4)1-5/h8H,3-7H2,1-2H3,(H,10,11);5H,1H2,(H,3,4). The maximum atomic E-state index is 10.1. The smallest absolute Gasteiger partial charge is 0.313 e. The average molecular weight is 250 g/mol. The van der Waals surface area contributed by atoms with Crippen molar-refractivity contribution in [2.45, 2.75) is 46.0 Å². The number of carbonyl (C=O) groups is 2. The van der Waals surface area contributed by atoms with E-state index in [0.717, 1.165) is 18.8 Å². The summed E-state index contributed by atoms with van der Waals surface area (Å²) < 4.78 is 0. The van der Waals surface area contributed by atoms with Crippen LogP contribution in [-0.2, 0) is 9.59 Å². The quantitative estimate of drug-likeness (QED) is 0.479. The number of hydrogen-bond acceptors (Lipinski definition) is 3. The number of carboxylic acid groups (broad SMARTS) is 2. The predicted octanol–water partition coefficient (Wildman–Crippen LogP) is 2.68. The Labute approximate surface area is 102 Å². The molecule has 0 bridgehead atoms. The maximum absolute atomic E-state index is 10.1. The highest BCUT2D eigenvalue weighted by Gasteiger charge is 1.97. The molecule has 0 unspecified atom stereocenters. The van der Waals surface area contributed by atoms with Crippen LogP contribution in [0.15, 0.2) is 0 Å². The second-order valence-electron chi connectivity index (χ2n) is 3.94. The number of hydrogen-bond donors (Lipinski definition) is 3. The zero-order chi connectivity index (χ0) is 13.0. The van der Waals surface area contributed by atoms with Crippen LogP contribution in [0.25, 0.3) is 0 Å². The molecule has 0 aliphatic carbocycles. The molecule has 0 radical (unpaired) electrons. The van der Waals surface area contributed by atoms with E-state index in [2.05, 4.69) is 26.5 Å². The van der Waals surface area contributed by atoms with Gasteiger partial charge in [-0.15, -0.1) is 0 Å². The van der Waals surface area contributed by atoms with Crippen molar-refractivity contribution in [3.63, 3.8) is 0 Å². The molecule has 0 rings (SSSR count). The molecule has 0 heterocycles. The van der Waals surface area contributed by atoms with Gasteiger partial charge in [-0.25, -0.2) is 0 Å². The molecule has 0 fully saturated rings. The average Bonchev–Trinajstić information content (AvgIpc) is 2.17. The van der Waals surface area contributed by atoms with Crippen LogP contribution in [0.1, 0.15) is 46.0 Å². The molecule has 0 atom stereocenters. The minimum Gasteiger partial charge on any atom is -0.481 e. The first-order chi connectivity index (χ1) is 7.40. The minimum absolute atomic E-state index is 0.0833. The fraction of sp³-hybridized carbons (Fsp3) is 0.818. The molecular weight excluding hydrogens is 228 g/mol. The van der Waals surface area contributed by atoms with E-state index >= 15 is 0 Å². The van der Waals surface area contributed by atoms with E-state index in [-0.39, 0.29) is 5.75 Å². The summed E-state index contributed by atoms with van der Waals surface area (Å²) >= 11 is 3.42. The van der Waals surface area contributed by atoms with Crippen LogP contribution in [0.3, 0.4) is 0 Å². The van der Waals surface area contributed by atoms with Gasteiger partial charge in [0.15, 0.2) is 0 Å². The lowest BCUT2D eigenvalue weighted by Gasteiger charge is -2.02. The number of carboxylic acids is 2. The summed E-state index contributed by atoms with van der Waals surface area (Å²) in [7, 11) is 0. The van der Waals surface area contributed by atoms with E-state index < -0.39 is 11.9 Å². The van der Waals surface area contributed by atoms with Crippen LogP contribution in [0.2, 0.25) is 0 Å². The van der Waals surface area contributed by atoms with E-state index in [0.29, 0.717) is 6.42 Å². The third-order valence-electron chi connectivity index (χ3n) is 1.81. The zero-order valence-electron chi connectivity index (χ0n) is 9.98. The SMILES string of the molecule is CC(C)CCCCCC(=O)O.O=C(O)CS. The van der Waals surface area contributed by atoms with Gasteiger partial charge in [-0.2, -0.15) is 12.6 Å². The number of thiol groups is 1. The topological polar surface area (TPSA) is 74.6 Å². The van der Waals surface area contributed by atoms with Gasteiger partial charge in [-0.05, 0) is 12.3 Å². The molecular formula is C11H22O4S. The van der Waals surface area contributed by atoms with Crippen molar-refractivity contribution in [3.05, 3.63) is 0 Å². The van der Waals surface area contributed by atoms with E-state index in [1.54, 1.807) is 0 Å². The molecule has 0 spiro atoms. The summed E-state index contributed by atoms with van der Waals surface area (Å²) in [5.41, 5.74) is 0. The van der Waals surface area contributed by atoms with Crippen molar-refractivity contribution < 1.29 is 19.8 Å². The molecule has 0 aliphatic rings. The summed E-state index contributed by atoms with van der Waals surface area (Å²) in [5.74, 6) is -0.886. The normalized spacial score (nSPS) is 9.50. The second-order valence-corrected chi connectivity index (χ2v) is 4.26. The molecule has 0 aliphatic heterocycles. The van der Waals surface area contributed by atoms with Crippen molar-refractivity contribution in [1.82, 2.24) is 0 Å². The number of rotatable bonds is 7. The van der Waals surface area contributed by atoms with E-state index in [4.69, 9.17) is 10.2 Å². The van der Waals surface area contributed by atoms with Gasteiger partial charge in [-0.1, -0.05) is 33.1 Å². The Morgan fingerprint density at radius 1 is 1.06 bits per heavy atom. The van der Waals surface area contributed by atoms with Crippen molar-refractivity contribution in [3.8, 4) is 0 Å². The van der Waals surface area contributed by atoms with Crippen LogP contribution < -0.4 is 0 Å². The van der Waals surface area contributed by atoms with E-state index in [9.17, 15) is 9.59 Å². The Kier molecular flexibility index (Phi) is 13.7. The molecule has 0 aromatic heterocycles. The van der Waals surface area contributed by atoms with Gasteiger partial charge >= 0.3 is 11.9 Å². The van der Waals surface area contributed by atoms with Crippen molar-refractivity contribution >= 4 is 24.6 Å². The van der Waals surface area contributed by atoms with Gasteiger partial charge in [0.2, 0.25) is 0 Å². The molecule has 0 aromatic rings. The highest BCUT2D eigenvalue weighted by atomic mass is 32.1. The lowest BCUT2D eigenvalue weighted by Crippen LogP contribution is -1.94. The first-order valence-corrected chi connectivity index (χ1v) is 6.07. The van der Waals surface area contributed by atoms with Gasteiger partial charge in [0, 0.05) is 6.42 Å². The Bertz CT molecular complexity index is 192. The van der Waals surface area contributed by atoms with Crippen LogP contribution in [0, 0.1) is 5.92 Å². The second kappa shape index (κ2) is 12.4. The van der Waals surface area contributed by atoms with Crippen molar-refractivity contribution in [2.75, 3.05) is 5.75 Å². The highest BCUT2D eigenvalue weighted by molar-refractivity contribution is 7.81. The maximum Gasteiger partial charge on any atom is 0.313 e. The van der Waals surface area contributed by atoms with E-state index in [1.165, 1.54) is 12.8 Å². The Hall–Kier alpha value is -0.710. The summed E-state index contributed by atoms with van der Waals surface area (Å²) in [6.45, 7) is 4.38. The zero-order valence-corrected chi connectivity index (χ0v) is 10.9. The molecule has 5 heteroatoms. The summed E-state index contributed by atoms with van der Waals surface area (Å²) in [5, 5.41) is 16.0. The molecule has 0 amide bonds. The van der Waals surface area contributed by atoms with Crippen molar-refractivity contribution in [2.24, 2.45) is 5.92 Å². The summed E-state index contributed by atoms with van der Waals surface area (Å²) in [6.07, 6.45) is 4.62. The molecule has 16 heavy (non-hydrogen) atoms. The van der Waals surface area contributed by atoms with Crippen LogP contribution in [0.4, 0.5) is 0 Å². The van der Waals surface area contributed by atoms with Gasteiger partial charge in [0.25, 0.3) is 0 Å². The highest BCUT2D eigenvalue weighted by Crippen LogP contribution is 2.08. The molecule has 0 saturated carbocycles. The first-order valence-electron chi connectivity index (χ1n) is 5.44. The molecule has 4 nitrogen and oxygen atoms in total. The van der Waals surface area contributed by atoms with Crippen LogP contribution in [0.5, 0.6) is 0 Å². The van der Waals surface area contributed by atoms with Gasteiger partial charge in [0.1, 0.15) is 0 Å². The molecule has 2 N–H and O–H groups in total. The Balaban J connectivity index is 0. The minimum atomic E-state index is -0.881. The lowest BCUT2D eigenvalue weighted by atomic mass is 10.0. The molecule has 0 saturated heterocycles. The van der Waals surface area contributed by atoms with Crippen LogP contribution >= 0.6 is 12.6 Å². The van der Waals surface area contributed by atoms with Crippen LogP contribution in [-0.4, -0.2) is 27.9 Å². The lowest BCUT2D eigenvalue weighted by molar-refractivity contribution is -0.137. The third kappa shape index (κ3) is 23.3. The monoisotopic (exact) mass is 250 g/mol. The fourth-order valence-corrected chi connectivity index (χ4v) is 1.01. The fourth-order valence-electron chi connectivity index (χ4n) is 1.01.